The average Bonchev–Trinajstić information content (AvgIpc) is 3.05. The zero-order chi connectivity index (χ0) is 17.4. The number of likely N-dealkylation sites (N-methyl/N-ethyl adjacent to an activating group) is 1. The summed E-state index contributed by atoms with van der Waals surface area (Å²) in [6.07, 6.45) is 4.09. The van der Waals surface area contributed by atoms with Gasteiger partial charge in [0.25, 0.3) is 0 Å². The Labute approximate surface area is 174 Å². The normalized spacial score (nSPS) is 37.0. The lowest BCUT2D eigenvalue weighted by molar-refractivity contribution is -0.188. The number of ether oxygens (including phenoxy) is 1. The number of nitrogens with zero attached hydrogens (tertiary/aromatic N) is 2. The number of hydrogen-bond donors (Lipinski definition) is 2. The van der Waals surface area contributed by atoms with Crippen molar-refractivity contribution in [3.05, 3.63) is 0 Å². The summed E-state index contributed by atoms with van der Waals surface area (Å²) in [6, 6.07) is 0.447. The molecule has 3 fully saturated rings. The highest BCUT2D eigenvalue weighted by Gasteiger charge is 2.58. The van der Waals surface area contributed by atoms with Gasteiger partial charge in [-0.15, -0.1) is 24.0 Å². The molecule has 4 atom stereocenters. The van der Waals surface area contributed by atoms with Crippen LogP contribution >= 0.6 is 35.7 Å². The maximum atomic E-state index is 6.02. The Balaban J connectivity index is 0.00000225. The second kappa shape index (κ2) is 8.52. The molecule has 2 saturated heterocycles. The molecular weight excluding hydrogens is 447 g/mol. The van der Waals surface area contributed by atoms with Crippen LogP contribution in [0.1, 0.15) is 33.1 Å². The van der Waals surface area contributed by atoms with Crippen LogP contribution < -0.4 is 10.6 Å². The number of nitrogens with one attached hydrogen (secondary N) is 2. The van der Waals surface area contributed by atoms with Gasteiger partial charge in [-0.25, -0.2) is 0 Å². The second-order valence-corrected chi connectivity index (χ2v) is 9.49. The summed E-state index contributed by atoms with van der Waals surface area (Å²) in [5.41, 5.74) is 0.416. The number of fused-ring (bicyclic) bond motifs is 1. The van der Waals surface area contributed by atoms with E-state index in [2.05, 4.69) is 60.2 Å². The van der Waals surface area contributed by atoms with Gasteiger partial charge in [-0.05, 0) is 39.1 Å². The Hall–Kier alpha value is 0.270. The number of aliphatic imine (C=N–C) groups is 1. The highest BCUT2D eigenvalue weighted by molar-refractivity contribution is 14.0. The van der Waals surface area contributed by atoms with Crippen molar-refractivity contribution >= 4 is 41.7 Å². The van der Waals surface area contributed by atoms with E-state index in [4.69, 9.17) is 4.74 Å². The van der Waals surface area contributed by atoms with Gasteiger partial charge in [-0.1, -0.05) is 13.8 Å². The van der Waals surface area contributed by atoms with Crippen LogP contribution in [0.4, 0.5) is 0 Å². The molecule has 146 valence electrons. The summed E-state index contributed by atoms with van der Waals surface area (Å²) in [7, 11) is 6.27. The maximum absolute atomic E-state index is 6.02. The molecule has 2 heterocycles. The smallest absolute Gasteiger partial charge is 0.191 e. The molecule has 0 spiro atoms. The Bertz CT molecular complexity index is 480. The first-order chi connectivity index (χ1) is 11.4. The minimum absolute atomic E-state index is 0. The van der Waals surface area contributed by atoms with Crippen LogP contribution in [0.3, 0.4) is 0 Å². The molecule has 0 aromatic heterocycles. The van der Waals surface area contributed by atoms with E-state index in [9.17, 15) is 0 Å². The van der Waals surface area contributed by atoms with Gasteiger partial charge in [0.2, 0.25) is 0 Å². The van der Waals surface area contributed by atoms with Gasteiger partial charge < -0.3 is 20.3 Å². The zero-order valence-electron chi connectivity index (χ0n) is 16.3. The Morgan fingerprint density at radius 3 is 2.72 bits per heavy atom. The van der Waals surface area contributed by atoms with Crippen molar-refractivity contribution < 1.29 is 4.74 Å². The number of guanidine groups is 1. The van der Waals surface area contributed by atoms with E-state index in [1.165, 1.54) is 30.8 Å². The van der Waals surface area contributed by atoms with E-state index < -0.39 is 0 Å². The van der Waals surface area contributed by atoms with Crippen molar-refractivity contribution in [2.75, 3.05) is 45.8 Å². The molecule has 0 aromatic carbocycles. The van der Waals surface area contributed by atoms with Crippen LogP contribution in [0.15, 0.2) is 4.99 Å². The largest absolute Gasteiger partial charge is 0.377 e. The molecule has 2 N–H and O–H groups in total. The molecule has 2 aliphatic heterocycles. The van der Waals surface area contributed by atoms with Crippen LogP contribution in [-0.2, 0) is 4.74 Å². The predicted molar refractivity (Wildman–Crippen MR) is 118 cm³/mol. The fraction of sp³-hybridized carbons (Fsp3) is 0.944. The van der Waals surface area contributed by atoms with E-state index in [0.29, 0.717) is 18.1 Å². The molecular formula is C18H35IN4OS. The molecule has 25 heavy (non-hydrogen) atoms. The van der Waals surface area contributed by atoms with Crippen LogP contribution in [-0.4, -0.2) is 74.3 Å². The Morgan fingerprint density at radius 1 is 1.36 bits per heavy atom. The highest BCUT2D eigenvalue weighted by Crippen LogP contribution is 2.51. The maximum Gasteiger partial charge on any atom is 0.191 e. The third kappa shape index (κ3) is 4.09. The molecule has 1 saturated carbocycles. The highest BCUT2D eigenvalue weighted by atomic mass is 127. The summed E-state index contributed by atoms with van der Waals surface area (Å²) in [4.78, 5) is 6.87. The molecule has 4 unspecified atom stereocenters. The van der Waals surface area contributed by atoms with E-state index in [0.717, 1.165) is 19.1 Å². The first kappa shape index (κ1) is 21.6. The Kier molecular flexibility index (Phi) is 7.35. The Morgan fingerprint density at radius 2 is 2.12 bits per heavy atom. The summed E-state index contributed by atoms with van der Waals surface area (Å²) in [5, 5.41) is 7.32. The number of thioether (sulfide) groups is 1. The van der Waals surface area contributed by atoms with Crippen molar-refractivity contribution in [1.82, 2.24) is 15.5 Å². The lowest BCUT2D eigenvalue weighted by Gasteiger charge is -2.60. The summed E-state index contributed by atoms with van der Waals surface area (Å²) >= 11 is 2.05. The fourth-order valence-electron chi connectivity index (χ4n) is 4.65. The third-order valence-corrected chi connectivity index (χ3v) is 7.70. The summed E-state index contributed by atoms with van der Waals surface area (Å²) in [5.74, 6) is 4.01. The number of hydrogen-bond acceptors (Lipinski definition) is 4. The van der Waals surface area contributed by atoms with Crippen molar-refractivity contribution in [2.24, 2.45) is 16.3 Å². The molecule has 3 rings (SSSR count). The zero-order valence-corrected chi connectivity index (χ0v) is 19.4. The monoisotopic (exact) mass is 482 g/mol. The molecule has 0 amide bonds. The van der Waals surface area contributed by atoms with E-state index in [1.807, 2.05) is 7.05 Å². The van der Waals surface area contributed by atoms with Gasteiger partial charge >= 0.3 is 0 Å². The lowest BCUT2D eigenvalue weighted by atomic mass is 9.55. The first-order valence-electron chi connectivity index (χ1n) is 9.25. The number of rotatable bonds is 4. The molecule has 7 heteroatoms. The van der Waals surface area contributed by atoms with E-state index >= 15 is 0 Å². The minimum atomic E-state index is 0. The van der Waals surface area contributed by atoms with Gasteiger partial charge in [0.15, 0.2) is 5.96 Å². The van der Waals surface area contributed by atoms with E-state index in [-0.39, 0.29) is 34.9 Å². The topological polar surface area (TPSA) is 48.9 Å². The van der Waals surface area contributed by atoms with Crippen molar-refractivity contribution in [1.29, 1.82) is 0 Å². The fourth-order valence-corrected chi connectivity index (χ4v) is 6.21. The van der Waals surface area contributed by atoms with Crippen molar-refractivity contribution in [2.45, 2.75) is 50.8 Å². The molecule has 5 nitrogen and oxygen atoms in total. The van der Waals surface area contributed by atoms with Gasteiger partial charge in [-0.3, -0.25) is 4.99 Å². The minimum Gasteiger partial charge on any atom is -0.377 e. The predicted octanol–water partition coefficient (Wildman–Crippen LogP) is 2.41. The van der Waals surface area contributed by atoms with Gasteiger partial charge in [-0.2, -0.15) is 11.8 Å². The van der Waals surface area contributed by atoms with Crippen LogP contribution in [0.25, 0.3) is 0 Å². The SMILES string of the molecule is CN=C(NCC1(N(C)C)CCSC1)NC1C2CCCOC2C1(C)C.I. The standard InChI is InChI=1S/C18H34N4OS.HI/c1-17(2)14(13-7-6-9-23-15(13)17)21-16(19-3)20-11-18(22(4)5)8-10-24-12-18;/h13-15H,6-12H2,1-5H3,(H2,19,20,21);1H. The van der Waals surface area contributed by atoms with Gasteiger partial charge in [0, 0.05) is 48.9 Å². The van der Waals surface area contributed by atoms with Crippen LogP contribution in [0.2, 0.25) is 0 Å². The van der Waals surface area contributed by atoms with Crippen LogP contribution in [0.5, 0.6) is 0 Å². The molecule has 0 aromatic rings. The van der Waals surface area contributed by atoms with Gasteiger partial charge in [0.1, 0.15) is 0 Å². The molecule has 1 aliphatic carbocycles. The molecule has 3 aliphatic rings. The van der Waals surface area contributed by atoms with Crippen molar-refractivity contribution in [3.8, 4) is 0 Å². The average molecular weight is 482 g/mol. The van der Waals surface area contributed by atoms with E-state index in [1.54, 1.807) is 0 Å². The third-order valence-electron chi connectivity index (χ3n) is 6.46. The summed E-state index contributed by atoms with van der Waals surface area (Å²) in [6.45, 7) is 6.51. The summed E-state index contributed by atoms with van der Waals surface area (Å²) < 4.78 is 6.02. The van der Waals surface area contributed by atoms with Crippen molar-refractivity contribution in [3.63, 3.8) is 0 Å². The molecule has 0 bridgehead atoms. The molecule has 0 radical (unpaired) electrons. The van der Waals surface area contributed by atoms with Gasteiger partial charge in [0.05, 0.1) is 6.10 Å². The second-order valence-electron chi connectivity index (χ2n) is 8.39. The first-order valence-corrected chi connectivity index (χ1v) is 10.4. The number of halogens is 1. The lowest BCUT2D eigenvalue weighted by Crippen LogP contribution is -2.71. The van der Waals surface area contributed by atoms with Crippen LogP contribution in [0, 0.1) is 11.3 Å². The quantitative estimate of drug-likeness (QED) is 0.366.